The molecule has 3 N–H and O–H groups in total. The molecule has 106 valence electrons. The molecule has 20 heavy (non-hydrogen) atoms. The monoisotopic (exact) mass is 279 g/mol. The molecule has 0 aliphatic heterocycles. The molecule has 1 aromatic carbocycles. The highest BCUT2D eigenvalue weighted by Gasteiger charge is 2.10. The van der Waals surface area contributed by atoms with E-state index in [2.05, 4.69) is 20.4 Å². The van der Waals surface area contributed by atoms with E-state index < -0.39 is 5.82 Å². The second-order valence-corrected chi connectivity index (χ2v) is 4.09. The van der Waals surface area contributed by atoms with Crippen LogP contribution in [0.3, 0.4) is 0 Å². The highest BCUT2D eigenvalue weighted by Crippen LogP contribution is 2.21. The Morgan fingerprint density at radius 3 is 2.60 bits per heavy atom. The Morgan fingerprint density at radius 2 is 1.95 bits per heavy atom. The van der Waals surface area contributed by atoms with Crippen LogP contribution in [0.4, 0.5) is 10.3 Å². The third-order valence-electron chi connectivity index (χ3n) is 2.07. The van der Waals surface area contributed by atoms with Crippen LogP contribution in [-0.2, 0) is 0 Å². The van der Waals surface area contributed by atoms with Crippen LogP contribution in [0, 0.1) is 5.82 Å². The Kier molecular flexibility index (Phi) is 4.26. The summed E-state index contributed by atoms with van der Waals surface area (Å²) in [6, 6.07) is 5.62. The van der Waals surface area contributed by atoms with Gasteiger partial charge in [-0.1, -0.05) is 6.07 Å². The van der Waals surface area contributed by atoms with E-state index in [1.807, 2.05) is 13.8 Å². The first-order valence-electron chi connectivity index (χ1n) is 5.89. The van der Waals surface area contributed by atoms with Gasteiger partial charge in [0.1, 0.15) is 11.6 Å². The van der Waals surface area contributed by atoms with Crippen LogP contribution in [-0.4, -0.2) is 21.1 Å². The molecule has 1 heterocycles. The van der Waals surface area contributed by atoms with Crippen LogP contribution in [0.2, 0.25) is 0 Å². The molecule has 2 aromatic rings. The molecule has 0 aliphatic carbocycles. The Labute approximate surface area is 114 Å². The first-order chi connectivity index (χ1) is 9.56. The standard InChI is InChI=1S/C12H14FN5O2/c1-7(2)19-11-15-10(18-14)16-12(17-11)20-9-5-3-4-8(13)6-9/h3-7H,14H2,1-2H3,(H,15,16,17,18). The first kappa shape index (κ1) is 13.9. The summed E-state index contributed by atoms with van der Waals surface area (Å²) in [7, 11) is 0. The van der Waals surface area contributed by atoms with Crippen molar-refractivity contribution < 1.29 is 13.9 Å². The molecule has 0 unspecified atom stereocenters. The van der Waals surface area contributed by atoms with Crippen LogP contribution >= 0.6 is 0 Å². The lowest BCUT2D eigenvalue weighted by molar-refractivity contribution is 0.218. The number of nitrogens with zero attached hydrogens (tertiary/aromatic N) is 3. The number of nitrogen functional groups attached to an aromatic ring is 1. The molecule has 0 fully saturated rings. The van der Waals surface area contributed by atoms with Crippen LogP contribution in [0.25, 0.3) is 0 Å². The summed E-state index contributed by atoms with van der Waals surface area (Å²) in [6.07, 6.45) is -0.120. The highest BCUT2D eigenvalue weighted by molar-refractivity contribution is 5.29. The zero-order valence-electron chi connectivity index (χ0n) is 11.0. The molecule has 0 bridgehead atoms. The van der Waals surface area contributed by atoms with Gasteiger partial charge in [-0.25, -0.2) is 10.2 Å². The van der Waals surface area contributed by atoms with Gasteiger partial charge in [-0.3, -0.25) is 5.43 Å². The van der Waals surface area contributed by atoms with Gasteiger partial charge in [0.25, 0.3) is 0 Å². The van der Waals surface area contributed by atoms with E-state index >= 15 is 0 Å². The summed E-state index contributed by atoms with van der Waals surface area (Å²) in [5.41, 5.74) is 2.28. The van der Waals surface area contributed by atoms with Gasteiger partial charge in [0, 0.05) is 6.07 Å². The van der Waals surface area contributed by atoms with Crippen LogP contribution in [0.1, 0.15) is 13.8 Å². The zero-order chi connectivity index (χ0) is 14.5. The minimum atomic E-state index is -0.424. The number of halogens is 1. The topological polar surface area (TPSA) is 95.2 Å². The molecule has 0 atom stereocenters. The van der Waals surface area contributed by atoms with E-state index in [0.29, 0.717) is 0 Å². The van der Waals surface area contributed by atoms with Crippen molar-refractivity contribution in [3.63, 3.8) is 0 Å². The summed E-state index contributed by atoms with van der Waals surface area (Å²) in [4.78, 5) is 11.8. The number of hydrogen-bond donors (Lipinski definition) is 2. The molecule has 0 aliphatic rings. The van der Waals surface area contributed by atoms with Gasteiger partial charge in [0.2, 0.25) is 5.95 Å². The van der Waals surface area contributed by atoms with Crippen molar-refractivity contribution in [2.75, 3.05) is 5.43 Å². The van der Waals surface area contributed by atoms with Crippen molar-refractivity contribution in [2.45, 2.75) is 20.0 Å². The number of nitrogens with two attached hydrogens (primary N) is 1. The van der Waals surface area contributed by atoms with Crippen LogP contribution in [0.15, 0.2) is 24.3 Å². The maximum Gasteiger partial charge on any atom is 0.330 e. The predicted molar refractivity (Wildman–Crippen MR) is 69.9 cm³/mol. The van der Waals surface area contributed by atoms with E-state index in [1.54, 1.807) is 6.07 Å². The number of hydrogen-bond acceptors (Lipinski definition) is 7. The zero-order valence-corrected chi connectivity index (χ0v) is 11.0. The fourth-order valence-electron chi connectivity index (χ4n) is 1.35. The normalized spacial score (nSPS) is 10.4. The van der Waals surface area contributed by atoms with Crippen LogP contribution < -0.4 is 20.7 Å². The van der Waals surface area contributed by atoms with Gasteiger partial charge in [-0.2, -0.15) is 9.97 Å². The number of nitrogens with one attached hydrogen (secondary N) is 1. The van der Waals surface area contributed by atoms with Gasteiger partial charge >= 0.3 is 12.0 Å². The summed E-state index contributed by atoms with van der Waals surface area (Å²) in [5, 5.41) is 0. The molecule has 7 nitrogen and oxygen atoms in total. The van der Waals surface area contributed by atoms with Gasteiger partial charge in [-0.05, 0) is 26.0 Å². The minimum absolute atomic E-state index is 0.0470. The fraction of sp³-hybridized carbons (Fsp3) is 0.250. The van der Waals surface area contributed by atoms with Crippen molar-refractivity contribution >= 4 is 5.95 Å². The molecule has 0 amide bonds. The minimum Gasteiger partial charge on any atom is -0.461 e. The average molecular weight is 279 g/mol. The Hall–Kier alpha value is -2.48. The summed E-state index contributed by atoms with van der Waals surface area (Å²) in [6.45, 7) is 3.65. The third-order valence-corrected chi connectivity index (χ3v) is 2.07. The van der Waals surface area contributed by atoms with E-state index in [0.717, 1.165) is 0 Å². The van der Waals surface area contributed by atoms with Crippen molar-refractivity contribution in [1.29, 1.82) is 0 Å². The van der Waals surface area contributed by atoms with Crippen molar-refractivity contribution in [3.05, 3.63) is 30.1 Å². The predicted octanol–water partition coefficient (Wildman–Crippen LogP) is 1.88. The highest BCUT2D eigenvalue weighted by atomic mass is 19.1. The summed E-state index contributed by atoms with van der Waals surface area (Å²) >= 11 is 0. The lowest BCUT2D eigenvalue weighted by Gasteiger charge is -2.10. The summed E-state index contributed by atoms with van der Waals surface area (Å²) < 4.78 is 23.8. The van der Waals surface area contributed by atoms with E-state index in [1.165, 1.54) is 18.2 Å². The van der Waals surface area contributed by atoms with Crippen molar-refractivity contribution in [2.24, 2.45) is 5.84 Å². The largest absolute Gasteiger partial charge is 0.461 e. The molecule has 0 saturated carbocycles. The quantitative estimate of drug-likeness (QED) is 0.637. The maximum absolute atomic E-state index is 13.1. The van der Waals surface area contributed by atoms with Crippen molar-refractivity contribution in [1.82, 2.24) is 15.0 Å². The molecule has 8 heteroatoms. The maximum atomic E-state index is 13.1. The third kappa shape index (κ3) is 3.75. The van der Waals surface area contributed by atoms with Crippen LogP contribution in [0.5, 0.6) is 17.8 Å². The number of ether oxygens (including phenoxy) is 2. The smallest absolute Gasteiger partial charge is 0.330 e. The SMILES string of the molecule is CC(C)Oc1nc(NN)nc(Oc2cccc(F)c2)n1. The Balaban J connectivity index is 2.26. The summed E-state index contributed by atoms with van der Waals surface area (Å²) in [5.74, 6) is 5.18. The van der Waals surface area contributed by atoms with Gasteiger partial charge in [0.05, 0.1) is 6.10 Å². The number of rotatable bonds is 5. The molecule has 0 radical (unpaired) electrons. The van der Waals surface area contributed by atoms with E-state index in [9.17, 15) is 4.39 Å². The molecular formula is C12H14FN5O2. The van der Waals surface area contributed by atoms with Gasteiger partial charge in [-0.15, -0.1) is 4.98 Å². The lowest BCUT2D eigenvalue weighted by atomic mass is 10.3. The number of benzene rings is 1. The molecule has 1 aromatic heterocycles. The lowest BCUT2D eigenvalue weighted by Crippen LogP contribution is -2.14. The number of hydrazine groups is 1. The molecule has 2 rings (SSSR count). The Morgan fingerprint density at radius 1 is 1.20 bits per heavy atom. The molecule has 0 saturated heterocycles. The second kappa shape index (κ2) is 6.11. The molecular weight excluding hydrogens is 265 g/mol. The average Bonchev–Trinajstić information content (AvgIpc) is 2.37. The number of anilines is 1. The van der Waals surface area contributed by atoms with E-state index in [-0.39, 0.29) is 29.8 Å². The number of aromatic nitrogens is 3. The Bertz CT molecular complexity index is 594. The second-order valence-electron chi connectivity index (χ2n) is 4.09. The van der Waals surface area contributed by atoms with E-state index in [4.69, 9.17) is 15.3 Å². The van der Waals surface area contributed by atoms with Gasteiger partial charge in [0.15, 0.2) is 0 Å². The first-order valence-corrected chi connectivity index (χ1v) is 5.89. The van der Waals surface area contributed by atoms with Crippen molar-refractivity contribution in [3.8, 4) is 17.8 Å². The molecule has 0 spiro atoms. The fourth-order valence-corrected chi connectivity index (χ4v) is 1.35. The van der Waals surface area contributed by atoms with Gasteiger partial charge < -0.3 is 9.47 Å².